The van der Waals surface area contributed by atoms with Crippen LogP contribution in [0.5, 0.6) is 0 Å². The maximum atomic E-state index is 12.8. The zero-order chi connectivity index (χ0) is 16.9. The first-order chi connectivity index (χ1) is 11.5. The number of aromatic nitrogens is 1. The van der Waals surface area contributed by atoms with Crippen molar-refractivity contribution in [3.05, 3.63) is 65.9 Å². The molecule has 4 rings (SSSR count). The molecule has 0 fully saturated rings. The first-order valence-electron chi connectivity index (χ1n) is 7.80. The normalized spacial score (nSPS) is 23.2. The summed E-state index contributed by atoms with van der Waals surface area (Å²) in [5.41, 5.74) is 2.49. The molecule has 1 aliphatic rings. The van der Waals surface area contributed by atoms with Crippen LogP contribution in [0.3, 0.4) is 0 Å². The van der Waals surface area contributed by atoms with Crippen LogP contribution < -0.4 is 0 Å². The molecular weight excluding hydrogens is 324 g/mol. The van der Waals surface area contributed by atoms with Gasteiger partial charge in [-0.3, -0.25) is 0 Å². The SMILES string of the molecule is CN1[C@H](Cc2cccc3[nH]ccc23)[C@H](O)c2ccccc2S1(=O)=O. The van der Waals surface area contributed by atoms with Gasteiger partial charge in [-0.2, -0.15) is 4.31 Å². The van der Waals surface area contributed by atoms with E-state index < -0.39 is 22.2 Å². The lowest BCUT2D eigenvalue weighted by molar-refractivity contribution is 0.0893. The average molecular weight is 342 g/mol. The molecule has 2 N–H and O–H groups in total. The van der Waals surface area contributed by atoms with Crippen LogP contribution in [0, 0.1) is 0 Å². The molecule has 2 heterocycles. The molecule has 124 valence electrons. The number of hydrogen-bond acceptors (Lipinski definition) is 3. The fourth-order valence-electron chi connectivity index (χ4n) is 3.49. The Hall–Kier alpha value is -2.15. The zero-order valence-corrected chi connectivity index (χ0v) is 14.0. The lowest BCUT2D eigenvalue weighted by Gasteiger charge is -2.37. The van der Waals surface area contributed by atoms with Crippen LogP contribution in [0.15, 0.2) is 59.6 Å². The van der Waals surface area contributed by atoms with Crippen molar-refractivity contribution in [3.63, 3.8) is 0 Å². The van der Waals surface area contributed by atoms with Gasteiger partial charge in [-0.15, -0.1) is 0 Å². The Morgan fingerprint density at radius 2 is 1.92 bits per heavy atom. The number of H-pyrrole nitrogens is 1. The second-order valence-electron chi connectivity index (χ2n) is 6.13. The van der Waals surface area contributed by atoms with Gasteiger partial charge in [-0.25, -0.2) is 8.42 Å². The highest BCUT2D eigenvalue weighted by Crippen LogP contribution is 2.37. The number of aliphatic hydroxyl groups is 1. The molecule has 0 spiro atoms. The van der Waals surface area contributed by atoms with E-state index in [1.807, 2.05) is 30.5 Å². The number of likely N-dealkylation sites (N-methyl/N-ethyl adjacent to an activating group) is 1. The molecule has 6 heteroatoms. The average Bonchev–Trinajstić information content (AvgIpc) is 3.07. The third-order valence-corrected chi connectivity index (χ3v) is 6.80. The van der Waals surface area contributed by atoms with Crippen LogP contribution in [-0.4, -0.2) is 35.9 Å². The van der Waals surface area contributed by atoms with Crippen LogP contribution in [0.1, 0.15) is 17.2 Å². The van der Waals surface area contributed by atoms with E-state index in [2.05, 4.69) is 4.98 Å². The van der Waals surface area contributed by atoms with Crippen molar-refractivity contribution in [1.82, 2.24) is 9.29 Å². The Morgan fingerprint density at radius 1 is 1.12 bits per heavy atom. The quantitative estimate of drug-likeness (QED) is 0.751. The number of nitrogens with one attached hydrogen (secondary N) is 1. The van der Waals surface area contributed by atoms with Gasteiger partial charge in [0.25, 0.3) is 0 Å². The van der Waals surface area contributed by atoms with Crippen LogP contribution in [0.4, 0.5) is 0 Å². The van der Waals surface area contributed by atoms with Crippen LogP contribution >= 0.6 is 0 Å². The van der Waals surface area contributed by atoms with Gasteiger partial charge in [0.1, 0.15) is 0 Å². The summed E-state index contributed by atoms with van der Waals surface area (Å²) in [5.74, 6) is 0. The van der Waals surface area contributed by atoms with Gasteiger partial charge in [0.05, 0.1) is 17.0 Å². The molecular formula is C18H18N2O3S. The number of aliphatic hydroxyl groups excluding tert-OH is 1. The van der Waals surface area contributed by atoms with E-state index in [0.717, 1.165) is 16.5 Å². The summed E-state index contributed by atoms with van der Waals surface area (Å²) in [7, 11) is -2.06. The molecule has 0 saturated carbocycles. The monoisotopic (exact) mass is 342 g/mol. The molecule has 0 unspecified atom stereocenters. The highest BCUT2D eigenvalue weighted by Gasteiger charge is 2.41. The van der Waals surface area contributed by atoms with Crippen molar-refractivity contribution in [1.29, 1.82) is 0 Å². The molecule has 0 radical (unpaired) electrons. The molecule has 0 aliphatic carbocycles. The van der Waals surface area contributed by atoms with Gasteiger partial charge in [-0.1, -0.05) is 30.3 Å². The van der Waals surface area contributed by atoms with Gasteiger partial charge in [0.2, 0.25) is 10.0 Å². The van der Waals surface area contributed by atoms with Gasteiger partial charge in [-0.05, 0) is 30.2 Å². The van der Waals surface area contributed by atoms with E-state index in [4.69, 9.17) is 0 Å². The van der Waals surface area contributed by atoms with E-state index in [-0.39, 0.29) is 4.90 Å². The van der Waals surface area contributed by atoms with Crippen LogP contribution in [-0.2, 0) is 16.4 Å². The van der Waals surface area contributed by atoms with Crippen molar-refractivity contribution in [2.24, 2.45) is 0 Å². The first kappa shape index (κ1) is 15.4. The Labute approximate surface area is 140 Å². The topological polar surface area (TPSA) is 73.4 Å². The lowest BCUT2D eigenvalue weighted by Crippen LogP contribution is -2.46. The summed E-state index contributed by atoms with van der Waals surface area (Å²) in [6.45, 7) is 0. The van der Waals surface area contributed by atoms with Gasteiger partial charge >= 0.3 is 0 Å². The van der Waals surface area contributed by atoms with E-state index in [0.29, 0.717) is 12.0 Å². The molecule has 0 amide bonds. The third-order valence-electron chi connectivity index (χ3n) is 4.84. The second-order valence-corrected chi connectivity index (χ2v) is 8.10. The molecule has 2 aromatic carbocycles. The zero-order valence-electron chi connectivity index (χ0n) is 13.2. The predicted octanol–water partition coefficient (Wildman–Crippen LogP) is 2.45. The van der Waals surface area contributed by atoms with Crippen molar-refractivity contribution < 1.29 is 13.5 Å². The number of sulfonamides is 1. The summed E-state index contributed by atoms with van der Waals surface area (Å²) in [4.78, 5) is 3.35. The molecule has 1 aromatic heterocycles. The largest absolute Gasteiger partial charge is 0.387 e. The molecule has 3 aromatic rings. The number of aromatic amines is 1. The third kappa shape index (κ3) is 2.18. The highest BCUT2D eigenvalue weighted by molar-refractivity contribution is 7.89. The van der Waals surface area contributed by atoms with Crippen LogP contribution in [0.2, 0.25) is 0 Å². The first-order valence-corrected chi connectivity index (χ1v) is 9.24. The number of fused-ring (bicyclic) bond motifs is 2. The Morgan fingerprint density at radius 3 is 2.75 bits per heavy atom. The van der Waals surface area contributed by atoms with Crippen molar-refractivity contribution in [2.45, 2.75) is 23.5 Å². The molecule has 2 atom stereocenters. The van der Waals surface area contributed by atoms with Gasteiger partial charge in [0.15, 0.2) is 0 Å². The molecule has 0 saturated heterocycles. The van der Waals surface area contributed by atoms with Crippen molar-refractivity contribution in [2.75, 3.05) is 7.05 Å². The number of rotatable bonds is 2. The van der Waals surface area contributed by atoms with Crippen molar-refractivity contribution in [3.8, 4) is 0 Å². The summed E-state index contributed by atoms with van der Waals surface area (Å²) in [6.07, 6.45) is 1.45. The fourth-order valence-corrected chi connectivity index (χ4v) is 5.09. The second kappa shape index (κ2) is 5.44. The smallest absolute Gasteiger partial charge is 0.243 e. The van der Waals surface area contributed by atoms with E-state index >= 15 is 0 Å². The predicted molar refractivity (Wildman–Crippen MR) is 92.1 cm³/mol. The summed E-state index contributed by atoms with van der Waals surface area (Å²) in [5, 5.41) is 11.8. The van der Waals surface area contributed by atoms with E-state index in [9.17, 15) is 13.5 Å². The minimum atomic E-state index is -3.60. The van der Waals surface area contributed by atoms with E-state index in [1.54, 1.807) is 24.3 Å². The summed E-state index contributed by atoms with van der Waals surface area (Å²) >= 11 is 0. The standard InChI is InChI=1S/C18H18N2O3S/c1-20-16(11-12-5-4-7-15-13(12)9-10-19-15)18(21)14-6-2-3-8-17(14)24(20,22)23/h2-10,16,18-19,21H,11H2,1H3/t16-,18-/m1/s1. The van der Waals surface area contributed by atoms with Gasteiger partial charge in [0, 0.05) is 29.7 Å². The molecule has 5 nitrogen and oxygen atoms in total. The number of nitrogens with zero attached hydrogens (tertiary/aromatic N) is 1. The maximum Gasteiger partial charge on any atom is 0.243 e. The lowest BCUT2D eigenvalue weighted by atomic mass is 9.94. The van der Waals surface area contributed by atoms with Crippen LogP contribution in [0.25, 0.3) is 10.9 Å². The van der Waals surface area contributed by atoms with Crippen molar-refractivity contribution >= 4 is 20.9 Å². The molecule has 24 heavy (non-hydrogen) atoms. The number of benzene rings is 2. The minimum absolute atomic E-state index is 0.191. The Balaban J connectivity index is 1.80. The minimum Gasteiger partial charge on any atom is -0.387 e. The Bertz CT molecular complexity index is 1010. The Kier molecular flexibility index (Phi) is 3.49. The number of hydrogen-bond donors (Lipinski definition) is 2. The maximum absolute atomic E-state index is 12.8. The summed E-state index contributed by atoms with van der Waals surface area (Å²) in [6, 6.07) is 14.0. The fraction of sp³-hybridized carbons (Fsp3) is 0.222. The molecule has 1 aliphatic heterocycles. The van der Waals surface area contributed by atoms with Gasteiger partial charge < -0.3 is 10.1 Å². The van der Waals surface area contributed by atoms with E-state index in [1.165, 1.54) is 11.4 Å². The molecule has 0 bridgehead atoms. The highest BCUT2D eigenvalue weighted by atomic mass is 32.2. The summed E-state index contributed by atoms with van der Waals surface area (Å²) < 4.78 is 26.8.